The Morgan fingerprint density at radius 2 is 1.70 bits per heavy atom. The van der Waals surface area contributed by atoms with E-state index in [1.54, 1.807) is 49.4 Å². The number of rotatable bonds is 7. The summed E-state index contributed by atoms with van der Waals surface area (Å²) in [5, 5.41) is 0.709. The predicted octanol–water partition coefficient (Wildman–Crippen LogP) is 3.73. The van der Waals surface area contributed by atoms with Gasteiger partial charge in [-0.1, -0.05) is 23.8 Å². The SMILES string of the molecule is COC(=O)CCc1ccc2c(cc(C)n2S(=O)(=O)c2ccc(C)cc2)c1CC(C)=O. The summed E-state index contributed by atoms with van der Waals surface area (Å²) in [6, 6.07) is 12.0. The average Bonchev–Trinajstić information content (AvgIpc) is 3.04. The van der Waals surface area contributed by atoms with Crippen molar-refractivity contribution in [1.82, 2.24) is 3.97 Å². The largest absolute Gasteiger partial charge is 0.469 e. The smallest absolute Gasteiger partial charge is 0.305 e. The Morgan fingerprint density at radius 3 is 2.30 bits per heavy atom. The molecule has 7 heteroatoms. The molecule has 0 atom stereocenters. The maximum absolute atomic E-state index is 13.3. The van der Waals surface area contributed by atoms with E-state index in [0.29, 0.717) is 23.0 Å². The van der Waals surface area contributed by atoms with Crippen molar-refractivity contribution < 1.29 is 22.7 Å². The number of fused-ring (bicyclic) bond motifs is 1. The minimum atomic E-state index is -3.80. The lowest BCUT2D eigenvalue weighted by atomic mass is 9.95. The summed E-state index contributed by atoms with van der Waals surface area (Å²) >= 11 is 0. The van der Waals surface area contributed by atoms with Crippen molar-refractivity contribution >= 4 is 32.7 Å². The highest BCUT2D eigenvalue weighted by atomic mass is 32.2. The second-order valence-electron chi connectivity index (χ2n) is 7.46. The molecule has 3 aromatic rings. The topological polar surface area (TPSA) is 82.4 Å². The number of ketones is 1. The number of Topliss-reactive ketones (excluding diaryl/α,β-unsaturated/α-hetero) is 1. The van der Waals surface area contributed by atoms with Gasteiger partial charge in [-0.3, -0.25) is 9.59 Å². The van der Waals surface area contributed by atoms with Crippen LogP contribution < -0.4 is 0 Å². The highest BCUT2D eigenvalue weighted by Gasteiger charge is 2.23. The number of hydrogen-bond donors (Lipinski definition) is 0. The van der Waals surface area contributed by atoms with E-state index in [0.717, 1.165) is 16.7 Å². The Bertz CT molecular complexity index is 1220. The minimum Gasteiger partial charge on any atom is -0.469 e. The van der Waals surface area contributed by atoms with Crippen LogP contribution in [0.3, 0.4) is 0 Å². The second-order valence-corrected chi connectivity index (χ2v) is 9.25. The monoisotopic (exact) mass is 427 g/mol. The molecule has 6 nitrogen and oxygen atoms in total. The first-order valence-corrected chi connectivity index (χ1v) is 11.1. The van der Waals surface area contributed by atoms with Crippen LogP contribution in [0.25, 0.3) is 10.9 Å². The zero-order chi connectivity index (χ0) is 22.1. The Kier molecular flexibility index (Phi) is 6.12. The molecule has 1 aromatic heterocycles. The van der Waals surface area contributed by atoms with Gasteiger partial charge in [0.15, 0.2) is 0 Å². The van der Waals surface area contributed by atoms with Gasteiger partial charge in [0.2, 0.25) is 0 Å². The normalized spacial score (nSPS) is 11.6. The van der Waals surface area contributed by atoms with Gasteiger partial charge in [-0.15, -0.1) is 0 Å². The summed E-state index contributed by atoms with van der Waals surface area (Å²) in [6.07, 6.45) is 0.774. The van der Waals surface area contributed by atoms with Crippen molar-refractivity contribution in [2.45, 2.75) is 44.9 Å². The number of hydrogen-bond acceptors (Lipinski definition) is 5. The van der Waals surface area contributed by atoms with E-state index >= 15 is 0 Å². The van der Waals surface area contributed by atoms with Crippen molar-refractivity contribution in [1.29, 1.82) is 0 Å². The van der Waals surface area contributed by atoms with Crippen molar-refractivity contribution in [2.75, 3.05) is 7.11 Å². The van der Waals surface area contributed by atoms with E-state index in [1.807, 2.05) is 6.92 Å². The first kappa shape index (κ1) is 21.8. The van der Waals surface area contributed by atoms with Crippen LogP contribution in [0.2, 0.25) is 0 Å². The molecule has 0 radical (unpaired) electrons. The summed E-state index contributed by atoms with van der Waals surface area (Å²) in [5.41, 5.74) is 3.64. The lowest BCUT2D eigenvalue weighted by Gasteiger charge is -2.13. The number of carbonyl (C=O) groups is 2. The van der Waals surface area contributed by atoms with Gasteiger partial charge in [-0.2, -0.15) is 0 Å². The number of esters is 1. The van der Waals surface area contributed by atoms with E-state index in [9.17, 15) is 18.0 Å². The van der Waals surface area contributed by atoms with E-state index in [-0.39, 0.29) is 29.5 Å². The van der Waals surface area contributed by atoms with Crippen LogP contribution in [0.1, 0.15) is 35.7 Å². The third kappa shape index (κ3) is 4.16. The summed E-state index contributed by atoms with van der Waals surface area (Å²) in [6.45, 7) is 5.13. The summed E-state index contributed by atoms with van der Waals surface area (Å²) in [5.74, 6) is -0.367. The highest BCUT2D eigenvalue weighted by molar-refractivity contribution is 7.90. The number of methoxy groups -OCH3 is 1. The van der Waals surface area contributed by atoms with Gasteiger partial charge < -0.3 is 4.74 Å². The van der Waals surface area contributed by atoms with Gasteiger partial charge in [-0.05, 0) is 62.6 Å². The molecule has 0 amide bonds. The van der Waals surface area contributed by atoms with E-state index < -0.39 is 10.0 Å². The third-order valence-corrected chi connectivity index (χ3v) is 6.97. The molecule has 0 saturated heterocycles. The second kappa shape index (κ2) is 8.44. The lowest BCUT2D eigenvalue weighted by molar-refractivity contribution is -0.140. The Morgan fingerprint density at radius 1 is 1.03 bits per heavy atom. The zero-order valence-corrected chi connectivity index (χ0v) is 18.4. The number of ether oxygens (including phenoxy) is 1. The van der Waals surface area contributed by atoms with Gasteiger partial charge in [0, 0.05) is 23.9 Å². The molecule has 158 valence electrons. The van der Waals surface area contributed by atoms with Gasteiger partial charge >= 0.3 is 5.97 Å². The molecule has 0 unspecified atom stereocenters. The van der Waals surface area contributed by atoms with E-state index in [1.165, 1.54) is 18.0 Å². The van der Waals surface area contributed by atoms with Crippen molar-refractivity contribution in [3.63, 3.8) is 0 Å². The third-order valence-electron chi connectivity index (χ3n) is 5.13. The average molecular weight is 428 g/mol. The predicted molar refractivity (Wildman–Crippen MR) is 115 cm³/mol. The quantitative estimate of drug-likeness (QED) is 0.537. The van der Waals surface area contributed by atoms with Crippen LogP contribution in [0.4, 0.5) is 0 Å². The molecule has 0 N–H and O–H groups in total. The molecule has 0 spiro atoms. The van der Waals surface area contributed by atoms with E-state index in [4.69, 9.17) is 4.74 Å². The fourth-order valence-electron chi connectivity index (χ4n) is 3.66. The van der Waals surface area contributed by atoms with Crippen LogP contribution in [-0.2, 0) is 37.2 Å². The van der Waals surface area contributed by atoms with E-state index in [2.05, 4.69) is 0 Å². The first-order chi connectivity index (χ1) is 14.1. The number of nitrogens with zero attached hydrogens (tertiary/aromatic N) is 1. The molecular formula is C23H25NO5S. The number of aryl methyl sites for hydroxylation is 3. The fourth-order valence-corrected chi connectivity index (χ4v) is 5.20. The molecule has 0 aliphatic heterocycles. The number of benzene rings is 2. The van der Waals surface area contributed by atoms with Gasteiger partial charge in [0.25, 0.3) is 10.0 Å². The fraction of sp³-hybridized carbons (Fsp3) is 0.304. The summed E-state index contributed by atoms with van der Waals surface area (Å²) < 4.78 is 32.7. The van der Waals surface area contributed by atoms with Crippen LogP contribution in [-0.4, -0.2) is 31.3 Å². The van der Waals surface area contributed by atoms with Crippen LogP contribution in [0, 0.1) is 13.8 Å². The van der Waals surface area contributed by atoms with Crippen molar-refractivity contribution in [3.05, 3.63) is 64.8 Å². The van der Waals surface area contributed by atoms with Gasteiger partial charge in [0.05, 0.1) is 17.5 Å². The van der Waals surface area contributed by atoms with Crippen molar-refractivity contribution in [2.24, 2.45) is 0 Å². The Hall–Kier alpha value is -2.93. The minimum absolute atomic E-state index is 0.0337. The molecule has 2 aromatic carbocycles. The molecule has 0 fully saturated rings. The zero-order valence-electron chi connectivity index (χ0n) is 17.6. The lowest BCUT2D eigenvalue weighted by Crippen LogP contribution is -2.14. The van der Waals surface area contributed by atoms with Gasteiger partial charge in [0.1, 0.15) is 5.78 Å². The number of aromatic nitrogens is 1. The molecule has 0 saturated carbocycles. The Labute approximate surface area is 176 Å². The molecule has 3 rings (SSSR count). The molecular weight excluding hydrogens is 402 g/mol. The molecule has 0 bridgehead atoms. The number of carbonyl (C=O) groups excluding carboxylic acids is 2. The molecule has 1 heterocycles. The molecule has 0 aliphatic rings. The van der Waals surface area contributed by atoms with Crippen LogP contribution in [0.5, 0.6) is 0 Å². The molecule has 0 aliphatic carbocycles. The standard InChI is InChI=1S/C23H25NO5S/c1-15-5-9-19(10-6-15)30(27,28)24-16(2)13-21-20(14-17(3)25)18(7-11-22(21)24)8-12-23(26)29-4/h5-7,9-11,13H,8,12,14H2,1-4H3. The van der Waals surface area contributed by atoms with Crippen LogP contribution in [0.15, 0.2) is 47.4 Å². The van der Waals surface area contributed by atoms with Crippen molar-refractivity contribution in [3.8, 4) is 0 Å². The first-order valence-electron chi connectivity index (χ1n) is 9.66. The van der Waals surface area contributed by atoms with Gasteiger partial charge in [-0.25, -0.2) is 12.4 Å². The summed E-state index contributed by atoms with van der Waals surface area (Å²) in [7, 11) is -2.47. The van der Waals surface area contributed by atoms with Crippen LogP contribution >= 0.6 is 0 Å². The molecule has 30 heavy (non-hydrogen) atoms. The highest BCUT2D eigenvalue weighted by Crippen LogP contribution is 2.31. The maximum Gasteiger partial charge on any atom is 0.305 e. The Balaban J connectivity index is 2.19. The maximum atomic E-state index is 13.3. The summed E-state index contributed by atoms with van der Waals surface area (Å²) in [4.78, 5) is 23.7.